The van der Waals surface area contributed by atoms with Crippen LogP contribution in [0.2, 0.25) is 0 Å². The van der Waals surface area contributed by atoms with Crippen LogP contribution in [0, 0.1) is 5.82 Å². The molecule has 0 bridgehead atoms. The molecule has 0 atom stereocenters. The Kier molecular flexibility index (Phi) is 3.03. The molecule has 1 aromatic carbocycles. The van der Waals surface area contributed by atoms with Gasteiger partial charge in [0.05, 0.1) is 18.5 Å². The van der Waals surface area contributed by atoms with Gasteiger partial charge in [0.25, 0.3) is 0 Å². The molecule has 0 amide bonds. The number of hydrogen-bond donors (Lipinski definition) is 0. The molecule has 0 radical (unpaired) electrons. The fourth-order valence-corrected chi connectivity index (χ4v) is 4.22. The second-order valence-electron chi connectivity index (χ2n) is 5.24. The van der Waals surface area contributed by atoms with Crippen molar-refractivity contribution in [1.82, 2.24) is 4.90 Å². The van der Waals surface area contributed by atoms with Crippen molar-refractivity contribution in [1.29, 1.82) is 0 Å². The van der Waals surface area contributed by atoms with Gasteiger partial charge in [-0.05, 0) is 24.6 Å². The molecule has 2 aliphatic rings. The molecule has 0 aliphatic carbocycles. The third-order valence-electron chi connectivity index (χ3n) is 3.81. The number of thioether (sulfide) groups is 1. The van der Waals surface area contributed by atoms with E-state index in [0.29, 0.717) is 5.58 Å². The van der Waals surface area contributed by atoms with Crippen molar-refractivity contribution in [3.63, 3.8) is 0 Å². The number of fused-ring (bicyclic) bond motifs is 2. The van der Waals surface area contributed by atoms with Gasteiger partial charge in [-0.25, -0.2) is 4.39 Å². The number of benzene rings is 1. The molecule has 3 heterocycles. The fraction of sp³-hybridized carbons (Fsp3) is 0.312. The van der Waals surface area contributed by atoms with E-state index in [2.05, 4.69) is 16.8 Å². The molecule has 21 heavy (non-hydrogen) atoms. The van der Waals surface area contributed by atoms with E-state index in [0.717, 1.165) is 47.7 Å². The summed E-state index contributed by atoms with van der Waals surface area (Å²) in [6.07, 6.45) is 3.61. The lowest BCUT2D eigenvalue weighted by atomic mass is 10.1. The normalized spacial score (nSPS) is 17.8. The van der Waals surface area contributed by atoms with Crippen molar-refractivity contribution < 1.29 is 8.81 Å². The first-order valence-corrected chi connectivity index (χ1v) is 7.99. The monoisotopic (exact) mass is 302 g/mol. The highest BCUT2D eigenvalue weighted by Gasteiger charge is 2.32. The van der Waals surface area contributed by atoms with Crippen molar-refractivity contribution in [2.24, 2.45) is 4.99 Å². The molecular weight excluding hydrogens is 287 g/mol. The van der Waals surface area contributed by atoms with Crippen LogP contribution in [-0.2, 0) is 0 Å². The van der Waals surface area contributed by atoms with E-state index in [9.17, 15) is 4.39 Å². The number of furan rings is 1. The first-order valence-electron chi connectivity index (χ1n) is 7.18. The minimum atomic E-state index is -0.301. The molecular formula is C16H15FN2OS. The predicted molar refractivity (Wildman–Crippen MR) is 84.6 cm³/mol. The van der Waals surface area contributed by atoms with E-state index < -0.39 is 0 Å². The summed E-state index contributed by atoms with van der Waals surface area (Å²) in [7, 11) is 0. The molecule has 2 aliphatic heterocycles. The molecule has 0 saturated carbocycles. The second-order valence-corrected chi connectivity index (χ2v) is 6.30. The number of amidine groups is 1. The van der Waals surface area contributed by atoms with Gasteiger partial charge < -0.3 is 9.32 Å². The highest BCUT2D eigenvalue weighted by atomic mass is 32.2. The smallest absolute Gasteiger partial charge is 0.169 e. The first-order chi connectivity index (χ1) is 10.3. The molecule has 0 N–H and O–H groups in total. The molecule has 108 valence electrons. The van der Waals surface area contributed by atoms with Gasteiger partial charge in [0.1, 0.15) is 0 Å². The summed E-state index contributed by atoms with van der Waals surface area (Å²) in [5.74, 6) is -0.301. The van der Waals surface area contributed by atoms with E-state index >= 15 is 0 Å². The van der Waals surface area contributed by atoms with Crippen LogP contribution in [0.3, 0.4) is 0 Å². The van der Waals surface area contributed by atoms with Gasteiger partial charge in [0, 0.05) is 22.4 Å². The van der Waals surface area contributed by atoms with E-state index in [4.69, 9.17) is 4.42 Å². The quantitative estimate of drug-likeness (QED) is 0.838. The minimum absolute atomic E-state index is 0.301. The highest BCUT2D eigenvalue weighted by molar-refractivity contribution is 8.17. The summed E-state index contributed by atoms with van der Waals surface area (Å²) in [4.78, 5) is 8.04. The lowest BCUT2D eigenvalue weighted by molar-refractivity contribution is 0.559. The van der Waals surface area contributed by atoms with Gasteiger partial charge in [0.15, 0.2) is 16.6 Å². The lowest BCUT2D eigenvalue weighted by Crippen LogP contribution is -2.20. The summed E-state index contributed by atoms with van der Waals surface area (Å²) in [5, 5.41) is 1.86. The molecule has 0 unspecified atom stereocenters. The number of hydrogen-bond acceptors (Lipinski definition) is 4. The van der Waals surface area contributed by atoms with Gasteiger partial charge in [-0.15, -0.1) is 0 Å². The maximum absolute atomic E-state index is 14.2. The van der Waals surface area contributed by atoms with E-state index in [1.54, 1.807) is 17.8 Å². The maximum Gasteiger partial charge on any atom is 0.169 e. The Labute approximate surface area is 126 Å². The standard InChI is InChI=1S/C16H15FN2OS/c1-2-3-13-14(19-6-5-18-16(19)21-13)11-8-10-4-7-20-15(10)12(17)9-11/h4,7-9H,2-3,5-6H2,1H3. The van der Waals surface area contributed by atoms with E-state index in [1.165, 1.54) is 11.2 Å². The molecule has 0 spiro atoms. The topological polar surface area (TPSA) is 28.7 Å². The summed E-state index contributed by atoms with van der Waals surface area (Å²) < 4.78 is 19.4. The zero-order chi connectivity index (χ0) is 14.4. The van der Waals surface area contributed by atoms with Crippen LogP contribution in [0.5, 0.6) is 0 Å². The molecule has 0 fully saturated rings. The number of allylic oxidation sites excluding steroid dienone is 1. The van der Waals surface area contributed by atoms with Crippen LogP contribution in [0.25, 0.3) is 16.7 Å². The zero-order valence-electron chi connectivity index (χ0n) is 11.7. The summed E-state index contributed by atoms with van der Waals surface area (Å²) in [5.41, 5.74) is 2.38. The van der Waals surface area contributed by atoms with Crippen molar-refractivity contribution in [2.45, 2.75) is 19.8 Å². The number of nitrogens with zero attached hydrogens (tertiary/aromatic N) is 2. The van der Waals surface area contributed by atoms with Crippen LogP contribution in [-0.4, -0.2) is 23.2 Å². The average Bonchev–Trinajstić information content (AvgIpc) is 3.13. The molecule has 3 nitrogen and oxygen atoms in total. The summed E-state index contributed by atoms with van der Waals surface area (Å²) >= 11 is 1.73. The van der Waals surface area contributed by atoms with Gasteiger partial charge in [-0.3, -0.25) is 4.99 Å². The lowest BCUT2D eigenvalue weighted by Gasteiger charge is -2.17. The van der Waals surface area contributed by atoms with Crippen LogP contribution in [0.15, 0.2) is 38.8 Å². The Morgan fingerprint density at radius 3 is 3.19 bits per heavy atom. The van der Waals surface area contributed by atoms with Crippen LogP contribution in [0.4, 0.5) is 4.39 Å². The third kappa shape index (κ3) is 1.99. The van der Waals surface area contributed by atoms with Crippen molar-refractivity contribution in [3.8, 4) is 0 Å². The molecule has 1 aromatic heterocycles. The fourth-order valence-electron chi connectivity index (χ4n) is 2.92. The molecule has 2 aromatic rings. The van der Waals surface area contributed by atoms with E-state index in [1.807, 2.05) is 12.1 Å². The molecule has 4 rings (SSSR count). The number of aliphatic imine (C=N–C) groups is 1. The average molecular weight is 302 g/mol. The molecule has 0 saturated heterocycles. The SMILES string of the molecule is CCCC1=C(c2cc(F)c3occc3c2)N2CCN=C2S1. The van der Waals surface area contributed by atoms with Crippen molar-refractivity contribution in [3.05, 3.63) is 40.7 Å². The minimum Gasteiger partial charge on any atom is -0.461 e. The van der Waals surface area contributed by atoms with E-state index in [-0.39, 0.29) is 5.82 Å². The largest absolute Gasteiger partial charge is 0.461 e. The Balaban J connectivity index is 1.87. The van der Waals surface area contributed by atoms with Gasteiger partial charge in [-0.1, -0.05) is 25.1 Å². The maximum atomic E-state index is 14.2. The highest BCUT2D eigenvalue weighted by Crippen LogP contribution is 2.44. The Hall–Kier alpha value is -1.75. The first kappa shape index (κ1) is 13.0. The number of halogens is 1. The second kappa shape index (κ2) is 4.91. The van der Waals surface area contributed by atoms with Crippen molar-refractivity contribution >= 4 is 33.6 Å². The third-order valence-corrected chi connectivity index (χ3v) is 4.98. The zero-order valence-corrected chi connectivity index (χ0v) is 12.5. The van der Waals surface area contributed by atoms with Crippen molar-refractivity contribution in [2.75, 3.05) is 13.1 Å². The Morgan fingerprint density at radius 2 is 2.33 bits per heavy atom. The van der Waals surface area contributed by atoms with Crippen LogP contribution in [0.1, 0.15) is 25.3 Å². The van der Waals surface area contributed by atoms with Gasteiger partial charge >= 0.3 is 0 Å². The molecule has 5 heteroatoms. The van der Waals surface area contributed by atoms with Crippen LogP contribution < -0.4 is 0 Å². The van der Waals surface area contributed by atoms with Gasteiger partial charge in [-0.2, -0.15) is 0 Å². The predicted octanol–water partition coefficient (Wildman–Crippen LogP) is 4.46. The number of rotatable bonds is 3. The summed E-state index contributed by atoms with van der Waals surface area (Å²) in [6.45, 7) is 3.87. The van der Waals surface area contributed by atoms with Crippen LogP contribution >= 0.6 is 11.8 Å². The summed E-state index contributed by atoms with van der Waals surface area (Å²) in [6, 6.07) is 5.40. The Bertz CT molecular complexity index is 778. The Morgan fingerprint density at radius 1 is 1.43 bits per heavy atom. The van der Waals surface area contributed by atoms with Gasteiger partial charge in [0.2, 0.25) is 0 Å².